The van der Waals surface area contributed by atoms with Crippen LogP contribution in [0.4, 0.5) is 0 Å². The summed E-state index contributed by atoms with van der Waals surface area (Å²) in [6.07, 6.45) is 1.95. The van der Waals surface area contributed by atoms with E-state index in [9.17, 15) is 9.59 Å². The second kappa shape index (κ2) is 13.2. The van der Waals surface area contributed by atoms with Crippen molar-refractivity contribution in [1.29, 1.82) is 0 Å². The Balaban J connectivity index is 2.03. The second-order valence-corrected chi connectivity index (χ2v) is 9.91. The average molecular weight is 556 g/mol. The zero-order valence-electron chi connectivity index (χ0n) is 17.4. The third kappa shape index (κ3) is 8.44. The molecule has 2 amide bonds. The van der Waals surface area contributed by atoms with E-state index < -0.39 is 6.04 Å². The van der Waals surface area contributed by atoms with Crippen LogP contribution in [0.5, 0.6) is 0 Å². The van der Waals surface area contributed by atoms with Crippen molar-refractivity contribution in [2.45, 2.75) is 45.0 Å². The highest BCUT2D eigenvalue weighted by Crippen LogP contribution is 2.19. The van der Waals surface area contributed by atoms with Gasteiger partial charge < -0.3 is 10.2 Å². The van der Waals surface area contributed by atoms with Crippen LogP contribution in [0.2, 0.25) is 0 Å². The molecule has 0 aliphatic heterocycles. The van der Waals surface area contributed by atoms with Gasteiger partial charge >= 0.3 is 0 Å². The summed E-state index contributed by atoms with van der Waals surface area (Å²) in [6.45, 7) is 4.92. The predicted octanol–water partition coefficient (Wildman–Crippen LogP) is 5.78. The number of unbranched alkanes of at least 4 members (excludes halogenated alkanes) is 1. The van der Waals surface area contributed by atoms with Gasteiger partial charge in [0.15, 0.2) is 0 Å². The minimum atomic E-state index is -0.526. The van der Waals surface area contributed by atoms with Gasteiger partial charge in [0.05, 0.1) is 5.75 Å². The molecule has 0 bridgehead atoms. The molecule has 0 aliphatic carbocycles. The van der Waals surface area contributed by atoms with E-state index in [2.05, 4.69) is 44.1 Å². The summed E-state index contributed by atoms with van der Waals surface area (Å²) in [7, 11) is 0. The fraction of sp³-hybridized carbons (Fsp3) is 0.391. The van der Waals surface area contributed by atoms with Gasteiger partial charge in [0.1, 0.15) is 6.04 Å². The SMILES string of the molecule is CCCCNC(=O)[C@@H](C)N(Cc1cccc(Br)c1)C(=O)CSCc1ccc(Br)cc1. The molecule has 7 heteroatoms. The fourth-order valence-electron chi connectivity index (χ4n) is 2.87. The summed E-state index contributed by atoms with van der Waals surface area (Å²) < 4.78 is 1.99. The monoisotopic (exact) mass is 554 g/mol. The van der Waals surface area contributed by atoms with E-state index in [4.69, 9.17) is 0 Å². The lowest BCUT2D eigenvalue weighted by Gasteiger charge is -2.29. The van der Waals surface area contributed by atoms with Gasteiger partial charge in [-0.1, -0.05) is 69.5 Å². The molecule has 0 radical (unpaired) electrons. The van der Waals surface area contributed by atoms with Crippen molar-refractivity contribution < 1.29 is 9.59 Å². The number of rotatable bonds is 11. The van der Waals surface area contributed by atoms with Crippen molar-refractivity contribution in [2.75, 3.05) is 12.3 Å². The highest BCUT2D eigenvalue weighted by atomic mass is 79.9. The Hall–Kier alpha value is -1.31. The van der Waals surface area contributed by atoms with Crippen molar-refractivity contribution in [1.82, 2.24) is 10.2 Å². The zero-order chi connectivity index (χ0) is 21.9. The largest absolute Gasteiger partial charge is 0.354 e. The van der Waals surface area contributed by atoms with Crippen LogP contribution >= 0.6 is 43.6 Å². The molecule has 0 aliphatic rings. The number of carbonyl (C=O) groups excluding carboxylic acids is 2. The lowest BCUT2D eigenvalue weighted by molar-refractivity contribution is -0.138. The van der Waals surface area contributed by atoms with Gasteiger partial charge in [-0.15, -0.1) is 11.8 Å². The van der Waals surface area contributed by atoms with Crippen molar-refractivity contribution in [3.05, 3.63) is 68.6 Å². The lowest BCUT2D eigenvalue weighted by Crippen LogP contribution is -2.48. The molecule has 2 aromatic rings. The molecule has 162 valence electrons. The smallest absolute Gasteiger partial charge is 0.242 e. The first kappa shape index (κ1) is 25.0. The van der Waals surface area contributed by atoms with Crippen molar-refractivity contribution in [3.63, 3.8) is 0 Å². The van der Waals surface area contributed by atoms with E-state index in [0.717, 1.165) is 33.1 Å². The van der Waals surface area contributed by atoms with E-state index in [1.165, 1.54) is 5.56 Å². The normalized spacial score (nSPS) is 11.7. The number of hydrogen-bond donors (Lipinski definition) is 1. The first-order valence-electron chi connectivity index (χ1n) is 10.0. The molecule has 4 nitrogen and oxygen atoms in total. The number of hydrogen-bond acceptors (Lipinski definition) is 3. The third-order valence-corrected chi connectivity index (χ3v) is 6.66. The molecule has 0 saturated carbocycles. The first-order valence-corrected chi connectivity index (χ1v) is 12.8. The Bertz CT molecular complexity index is 830. The van der Waals surface area contributed by atoms with E-state index in [0.29, 0.717) is 18.8 Å². The number of nitrogens with zero attached hydrogens (tertiary/aromatic N) is 1. The maximum absolute atomic E-state index is 13.1. The molecule has 1 atom stereocenters. The highest BCUT2D eigenvalue weighted by molar-refractivity contribution is 9.10. The number of thioether (sulfide) groups is 1. The highest BCUT2D eigenvalue weighted by Gasteiger charge is 2.25. The van der Waals surface area contributed by atoms with Crippen LogP contribution < -0.4 is 5.32 Å². The Morgan fingerprint density at radius 1 is 1.07 bits per heavy atom. The van der Waals surface area contributed by atoms with Gasteiger partial charge in [-0.3, -0.25) is 9.59 Å². The number of benzene rings is 2. The van der Waals surface area contributed by atoms with Crippen LogP contribution in [0.1, 0.15) is 37.8 Å². The molecule has 0 spiro atoms. The average Bonchev–Trinajstić information content (AvgIpc) is 2.73. The van der Waals surface area contributed by atoms with Gasteiger partial charge in [-0.25, -0.2) is 0 Å². The van der Waals surface area contributed by atoms with E-state index in [-0.39, 0.29) is 11.8 Å². The summed E-state index contributed by atoms with van der Waals surface area (Å²) in [5.41, 5.74) is 2.16. The number of halogens is 2. The van der Waals surface area contributed by atoms with Crippen molar-refractivity contribution in [3.8, 4) is 0 Å². The lowest BCUT2D eigenvalue weighted by atomic mass is 10.1. The Labute approximate surface area is 200 Å². The molecule has 0 heterocycles. The maximum Gasteiger partial charge on any atom is 0.242 e. The quantitative estimate of drug-likeness (QED) is 0.358. The van der Waals surface area contributed by atoms with Crippen LogP contribution in [0.15, 0.2) is 57.5 Å². The third-order valence-electron chi connectivity index (χ3n) is 4.65. The van der Waals surface area contributed by atoms with Crippen LogP contribution in [0.3, 0.4) is 0 Å². The summed E-state index contributed by atoms with van der Waals surface area (Å²) in [5, 5.41) is 2.95. The van der Waals surface area contributed by atoms with E-state index >= 15 is 0 Å². The van der Waals surface area contributed by atoms with Gasteiger partial charge in [0, 0.05) is 27.8 Å². The Kier molecular flexibility index (Phi) is 11.0. The van der Waals surface area contributed by atoms with E-state index in [1.54, 1.807) is 23.6 Å². The fourth-order valence-corrected chi connectivity index (χ4v) is 4.45. The van der Waals surface area contributed by atoms with Crippen LogP contribution in [-0.2, 0) is 21.9 Å². The number of carbonyl (C=O) groups is 2. The number of amides is 2. The number of nitrogens with one attached hydrogen (secondary N) is 1. The van der Waals surface area contributed by atoms with Gasteiger partial charge in [-0.2, -0.15) is 0 Å². The molecule has 2 aromatic carbocycles. The van der Waals surface area contributed by atoms with Crippen LogP contribution in [-0.4, -0.2) is 35.1 Å². The van der Waals surface area contributed by atoms with Crippen LogP contribution in [0.25, 0.3) is 0 Å². The summed E-state index contributed by atoms with van der Waals surface area (Å²) in [4.78, 5) is 27.4. The molecule has 30 heavy (non-hydrogen) atoms. The molecular formula is C23H28Br2N2O2S. The molecule has 0 unspecified atom stereocenters. The predicted molar refractivity (Wildman–Crippen MR) is 132 cm³/mol. The summed E-state index contributed by atoms with van der Waals surface area (Å²) >= 11 is 8.48. The Morgan fingerprint density at radius 3 is 2.47 bits per heavy atom. The molecule has 2 rings (SSSR count). The van der Waals surface area contributed by atoms with Gasteiger partial charge in [0.2, 0.25) is 11.8 Å². The maximum atomic E-state index is 13.1. The summed E-state index contributed by atoms with van der Waals surface area (Å²) in [5.74, 6) is 0.942. The molecule has 0 aromatic heterocycles. The van der Waals surface area contributed by atoms with Crippen molar-refractivity contribution >= 4 is 55.4 Å². The zero-order valence-corrected chi connectivity index (χ0v) is 21.4. The van der Waals surface area contributed by atoms with Gasteiger partial charge in [-0.05, 0) is 48.7 Å². The minimum absolute atomic E-state index is 0.0322. The van der Waals surface area contributed by atoms with Gasteiger partial charge in [0.25, 0.3) is 0 Å². The molecule has 0 saturated heterocycles. The standard InChI is InChI=1S/C23H28Br2N2O2S/c1-3-4-12-26-23(29)17(2)27(14-19-6-5-7-21(25)13-19)22(28)16-30-15-18-8-10-20(24)11-9-18/h5-11,13,17H,3-4,12,14-16H2,1-2H3,(H,26,29)/t17-/m1/s1. The minimum Gasteiger partial charge on any atom is -0.354 e. The summed E-state index contributed by atoms with van der Waals surface area (Å²) in [6, 6.07) is 15.4. The topological polar surface area (TPSA) is 49.4 Å². The van der Waals surface area contributed by atoms with E-state index in [1.807, 2.05) is 48.5 Å². The molecular weight excluding hydrogens is 528 g/mol. The Morgan fingerprint density at radius 2 is 1.80 bits per heavy atom. The van der Waals surface area contributed by atoms with Crippen LogP contribution in [0, 0.1) is 0 Å². The molecule has 0 fully saturated rings. The van der Waals surface area contributed by atoms with Crippen molar-refractivity contribution in [2.24, 2.45) is 0 Å². The first-order chi connectivity index (χ1) is 14.4. The molecule has 1 N–H and O–H groups in total. The second-order valence-electron chi connectivity index (χ2n) is 7.09.